The van der Waals surface area contributed by atoms with Crippen molar-refractivity contribution in [3.63, 3.8) is 0 Å². The second-order valence-corrected chi connectivity index (χ2v) is 5.92. The van der Waals surface area contributed by atoms with Crippen LogP contribution in [0.5, 0.6) is 0 Å². The molecule has 0 aromatic heterocycles. The van der Waals surface area contributed by atoms with Crippen molar-refractivity contribution < 1.29 is 4.74 Å². The average molecular weight is 266 g/mol. The normalized spacial score (nSPS) is 28.9. The van der Waals surface area contributed by atoms with Crippen molar-refractivity contribution in [1.82, 2.24) is 4.90 Å². The lowest BCUT2D eigenvalue weighted by Crippen LogP contribution is -2.39. The molecular weight excluding hydrogens is 246 g/mol. The van der Waals surface area contributed by atoms with Gasteiger partial charge < -0.3 is 4.74 Å². The Hall–Kier alpha value is -0.570. The molecule has 0 aliphatic carbocycles. The first-order chi connectivity index (χ1) is 8.83. The lowest BCUT2D eigenvalue weighted by Gasteiger charge is -2.34. The monoisotopic (exact) mass is 265 g/mol. The van der Waals surface area contributed by atoms with Gasteiger partial charge in [0.15, 0.2) is 0 Å². The van der Waals surface area contributed by atoms with Crippen LogP contribution in [0.25, 0.3) is 0 Å². The van der Waals surface area contributed by atoms with E-state index in [1.54, 1.807) is 0 Å². The van der Waals surface area contributed by atoms with Crippen molar-refractivity contribution in [3.05, 3.63) is 35.4 Å². The van der Waals surface area contributed by atoms with Crippen molar-refractivity contribution in [2.45, 2.75) is 30.7 Å². The predicted molar refractivity (Wildman–Crippen MR) is 74.2 cm³/mol. The third kappa shape index (κ3) is 2.71. The van der Waals surface area contributed by atoms with Crippen LogP contribution in [0.3, 0.4) is 0 Å². The second-order valence-electron chi connectivity index (χ2n) is 5.31. The van der Waals surface area contributed by atoms with Gasteiger partial charge in [0, 0.05) is 18.5 Å². The first-order valence-electron chi connectivity index (χ1n) is 6.89. The van der Waals surface area contributed by atoms with Gasteiger partial charge in [0.1, 0.15) is 0 Å². The Kier molecular flexibility index (Phi) is 3.88. The fourth-order valence-electron chi connectivity index (χ4n) is 3.03. The van der Waals surface area contributed by atoms with Gasteiger partial charge in [-0.2, -0.15) is 0 Å². The summed E-state index contributed by atoms with van der Waals surface area (Å²) in [5.74, 6) is 0. The Bertz CT molecular complexity index is 409. The number of nitrogens with zero attached hydrogens (tertiary/aromatic N) is 1. The summed E-state index contributed by atoms with van der Waals surface area (Å²) in [5.41, 5.74) is 2.83. The Morgan fingerprint density at radius 1 is 1.33 bits per heavy atom. The zero-order valence-corrected chi connectivity index (χ0v) is 11.4. The summed E-state index contributed by atoms with van der Waals surface area (Å²) in [6, 6.07) is 8.67. The minimum absolute atomic E-state index is 0.233. The number of rotatable bonds is 2. The van der Waals surface area contributed by atoms with Crippen LogP contribution < -0.4 is 0 Å². The highest BCUT2D eigenvalue weighted by Gasteiger charge is 2.25. The van der Waals surface area contributed by atoms with Crippen molar-refractivity contribution in [2.75, 3.05) is 26.2 Å². The quantitative estimate of drug-likeness (QED) is 0.763. The first kappa shape index (κ1) is 12.5. The highest BCUT2D eigenvalue weighted by atomic mass is 35.5. The van der Waals surface area contributed by atoms with Crippen LogP contribution in [-0.2, 0) is 11.2 Å². The Balaban J connectivity index is 1.70. The molecule has 18 heavy (non-hydrogen) atoms. The molecular formula is C15H20ClNO. The molecule has 0 bridgehead atoms. The van der Waals surface area contributed by atoms with E-state index in [1.165, 1.54) is 17.5 Å². The number of hydrogen-bond acceptors (Lipinski definition) is 2. The molecule has 0 radical (unpaired) electrons. The molecule has 0 amide bonds. The summed E-state index contributed by atoms with van der Waals surface area (Å²) in [6.07, 6.45) is 3.64. The largest absolute Gasteiger partial charge is 0.372 e. The summed E-state index contributed by atoms with van der Waals surface area (Å²) < 4.78 is 5.96. The highest BCUT2D eigenvalue weighted by molar-refractivity contribution is 6.20. The molecule has 2 atom stereocenters. The molecule has 0 N–H and O–H groups in total. The van der Waals surface area contributed by atoms with Crippen LogP contribution in [-0.4, -0.2) is 36.5 Å². The number of benzene rings is 1. The van der Waals surface area contributed by atoms with E-state index in [0.29, 0.717) is 5.38 Å². The van der Waals surface area contributed by atoms with Gasteiger partial charge in [-0.25, -0.2) is 0 Å². The lowest BCUT2D eigenvalue weighted by molar-refractivity contribution is 0.0125. The standard InChI is InChI=1S/C15H20ClNO/c16-13-5-3-8-17(10-13)11-15-14-6-2-1-4-12(14)7-9-18-15/h1-2,4,6,13,15H,3,5,7-11H2. The molecule has 2 nitrogen and oxygen atoms in total. The Labute approximate surface area is 114 Å². The number of piperidine rings is 1. The molecule has 0 saturated carbocycles. The summed E-state index contributed by atoms with van der Waals surface area (Å²) >= 11 is 6.25. The predicted octanol–water partition coefficient (Wildman–Crippen LogP) is 3.00. The molecule has 3 rings (SSSR count). The minimum Gasteiger partial charge on any atom is -0.372 e. The fourth-order valence-corrected chi connectivity index (χ4v) is 3.38. The van der Waals surface area contributed by atoms with Gasteiger partial charge in [0.25, 0.3) is 0 Å². The number of ether oxygens (including phenoxy) is 1. The number of fused-ring (bicyclic) bond motifs is 1. The molecule has 1 aromatic carbocycles. The van der Waals surface area contributed by atoms with Crippen molar-refractivity contribution >= 4 is 11.6 Å². The molecule has 2 aliphatic heterocycles. The molecule has 1 saturated heterocycles. The zero-order valence-electron chi connectivity index (χ0n) is 10.6. The molecule has 1 aromatic rings. The molecule has 2 aliphatic rings. The molecule has 2 heterocycles. The Morgan fingerprint density at radius 3 is 3.11 bits per heavy atom. The third-order valence-electron chi connectivity index (χ3n) is 3.96. The molecule has 0 spiro atoms. The van der Waals surface area contributed by atoms with Crippen molar-refractivity contribution in [3.8, 4) is 0 Å². The van der Waals surface area contributed by atoms with Crippen LogP contribution in [0, 0.1) is 0 Å². The number of likely N-dealkylation sites (tertiary alicyclic amines) is 1. The summed E-state index contributed by atoms with van der Waals surface area (Å²) in [6.45, 7) is 3.99. The zero-order chi connectivity index (χ0) is 12.4. The van der Waals surface area contributed by atoms with E-state index >= 15 is 0 Å². The van der Waals surface area contributed by atoms with Gasteiger partial charge in [0.2, 0.25) is 0 Å². The molecule has 3 heteroatoms. The third-order valence-corrected chi connectivity index (χ3v) is 4.32. The van der Waals surface area contributed by atoms with E-state index in [1.807, 2.05) is 0 Å². The van der Waals surface area contributed by atoms with Crippen LogP contribution in [0.15, 0.2) is 24.3 Å². The lowest BCUT2D eigenvalue weighted by atomic mass is 9.97. The first-order valence-corrected chi connectivity index (χ1v) is 7.32. The summed E-state index contributed by atoms with van der Waals surface area (Å²) in [4.78, 5) is 2.45. The Morgan fingerprint density at radius 2 is 2.22 bits per heavy atom. The van der Waals surface area contributed by atoms with Crippen molar-refractivity contribution in [1.29, 1.82) is 0 Å². The minimum atomic E-state index is 0.233. The van der Waals surface area contributed by atoms with E-state index in [9.17, 15) is 0 Å². The van der Waals surface area contributed by atoms with E-state index in [-0.39, 0.29) is 6.10 Å². The smallest absolute Gasteiger partial charge is 0.0954 e. The van der Waals surface area contributed by atoms with E-state index in [0.717, 1.165) is 39.1 Å². The van der Waals surface area contributed by atoms with Crippen molar-refractivity contribution in [2.24, 2.45) is 0 Å². The average Bonchev–Trinajstić information content (AvgIpc) is 2.39. The van der Waals surface area contributed by atoms with Gasteiger partial charge >= 0.3 is 0 Å². The summed E-state index contributed by atoms with van der Waals surface area (Å²) in [5, 5.41) is 0.317. The number of halogens is 1. The van der Waals surface area contributed by atoms with E-state index < -0.39 is 0 Å². The van der Waals surface area contributed by atoms with Gasteiger partial charge in [0.05, 0.1) is 12.7 Å². The van der Waals surface area contributed by atoms with Gasteiger partial charge in [-0.05, 0) is 36.9 Å². The maximum absolute atomic E-state index is 6.25. The van der Waals surface area contributed by atoms with E-state index in [2.05, 4.69) is 29.2 Å². The number of alkyl halides is 1. The molecule has 2 unspecified atom stereocenters. The maximum Gasteiger partial charge on any atom is 0.0954 e. The van der Waals surface area contributed by atoms with Crippen LogP contribution in [0.1, 0.15) is 30.1 Å². The fraction of sp³-hybridized carbons (Fsp3) is 0.600. The summed E-state index contributed by atoms with van der Waals surface area (Å²) in [7, 11) is 0. The SMILES string of the molecule is ClC1CCCN(CC2OCCc3ccccc32)C1. The maximum atomic E-state index is 6.25. The van der Waals surface area contributed by atoms with Crippen LogP contribution >= 0.6 is 11.6 Å². The highest BCUT2D eigenvalue weighted by Crippen LogP contribution is 2.28. The second kappa shape index (κ2) is 5.60. The molecule has 1 fully saturated rings. The topological polar surface area (TPSA) is 12.5 Å². The van der Waals surface area contributed by atoms with Gasteiger partial charge in [-0.3, -0.25) is 4.90 Å². The van der Waals surface area contributed by atoms with E-state index in [4.69, 9.17) is 16.3 Å². The van der Waals surface area contributed by atoms with Crippen LogP contribution in [0.2, 0.25) is 0 Å². The van der Waals surface area contributed by atoms with Crippen LogP contribution in [0.4, 0.5) is 0 Å². The molecule has 98 valence electrons. The number of hydrogen-bond donors (Lipinski definition) is 0. The van der Waals surface area contributed by atoms with Gasteiger partial charge in [-0.1, -0.05) is 24.3 Å². The van der Waals surface area contributed by atoms with Gasteiger partial charge in [-0.15, -0.1) is 11.6 Å².